The summed E-state index contributed by atoms with van der Waals surface area (Å²) in [7, 11) is 0. The monoisotopic (exact) mass is 435 g/mol. The number of fused-ring (bicyclic) bond motifs is 1. The van der Waals surface area contributed by atoms with E-state index in [-0.39, 0.29) is 30.1 Å². The highest BCUT2D eigenvalue weighted by molar-refractivity contribution is 7.22. The van der Waals surface area contributed by atoms with Crippen LogP contribution in [0.2, 0.25) is 0 Å². The van der Waals surface area contributed by atoms with Crippen molar-refractivity contribution in [3.8, 4) is 0 Å². The van der Waals surface area contributed by atoms with Gasteiger partial charge in [-0.25, -0.2) is 9.98 Å². The lowest BCUT2D eigenvalue weighted by atomic mass is 10.1. The summed E-state index contributed by atoms with van der Waals surface area (Å²) in [6.45, 7) is 2.95. The molecule has 0 radical (unpaired) electrons. The lowest BCUT2D eigenvalue weighted by Gasteiger charge is -2.19. The number of aromatic nitrogens is 1. The van der Waals surface area contributed by atoms with Crippen LogP contribution in [0.15, 0.2) is 59.6 Å². The number of aliphatic imine (C=N–C) groups is 1. The maximum atomic E-state index is 13.1. The molecule has 0 saturated carbocycles. The second kappa shape index (κ2) is 9.83. The normalized spacial score (nSPS) is 15.5. The number of carbonyl (C=O) groups excluding carboxylic acids is 2. The van der Waals surface area contributed by atoms with Crippen molar-refractivity contribution in [1.82, 2.24) is 4.98 Å². The molecule has 2 aromatic carbocycles. The Hall–Kier alpha value is -3.06. The maximum absolute atomic E-state index is 13.1. The Morgan fingerprint density at radius 3 is 2.65 bits per heavy atom. The van der Waals surface area contributed by atoms with Gasteiger partial charge in [0, 0.05) is 6.54 Å². The Balaban J connectivity index is 1.48. The first-order valence-electron chi connectivity index (χ1n) is 10.6. The minimum absolute atomic E-state index is 0.0692. The van der Waals surface area contributed by atoms with Gasteiger partial charge in [-0.2, -0.15) is 0 Å². The molecule has 0 fully saturated rings. The fourth-order valence-electron chi connectivity index (χ4n) is 3.48. The summed E-state index contributed by atoms with van der Waals surface area (Å²) in [5, 5.41) is 0.618. The van der Waals surface area contributed by atoms with Gasteiger partial charge in [-0.1, -0.05) is 60.7 Å². The number of rotatable bonds is 9. The van der Waals surface area contributed by atoms with Crippen LogP contribution < -0.4 is 4.90 Å². The number of Topliss-reactive ketones (excluding diaryl/α,β-unsaturated/α-hetero) is 1. The van der Waals surface area contributed by atoms with E-state index in [0.717, 1.165) is 29.5 Å². The van der Waals surface area contributed by atoms with Crippen LogP contribution in [-0.2, 0) is 20.7 Å². The number of ether oxygens (including phenoxy) is 1. The molecule has 7 heteroatoms. The lowest BCUT2D eigenvalue weighted by molar-refractivity contribution is -0.124. The van der Waals surface area contributed by atoms with Crippen LogP contribution in [0.1, 0.15) is 31.7 Å². The van der Waals surface area contributed by atoms with E-state index in [2.05, 4.69) is 22.1 Å². The minimum atomic E-state index is -0.366. The van der Waals surface area contributed by atoms with Crippen LogP contribution in [0.3, 0.4) is 0 Å². The second-order valence-electron chi connectivity index (χ2n) is 7.49. The van der Waals surface area contributed by atoms with Crippen molar-refractivity contribution in [2.75, 3.05) is 18.0 Å². The standard InChI is InChI=1S/C24H25N3O3S/c1-2-18-16-25-23(30-18)20(28)15-22(29)27(14-8-11-17-9-4-3-5-10-17)24-26-19-12-6-7-13-21(19)31-24/h3-7,9-10,12-13,18H,2,8,11,14-16H2,1H3. The lowest BCUT2D eigenvalue weighted by Crippen LogP contribution is -2.35. The first-order valence-corrected chi connectivity index (χ1v) is 11.4. The topological polar surface area (TPSA) is 71.9 Å². The van der Waals surface area contributed by atoms with Crippen molar-refractivity contribution in [2.45, 2.75) is 38.7 Å². The number of hydrogen-bond donors (Lipinski definition) is 0. The van der Waals surface area contributed by atoms with E-state index in [1.54, 1.807) is 4.90 Å². The Labute approximate surface area is 185 Å². The minimum Gasteiger partial charge on any atom is -0.470 e. The van der Waals surface area contributed by atoms with Gasteiger partial charge in [0.05, 0.1) is 23.2 Å². The van der Waals surface area contributed by atoms with E-state index in [1.165, 1.54) is 16.9 Å². The highest BCUT2D eigenvalue weighted by Gasteiger charge is 2.28. The molecule has 0 bridgehead atoms. The van der Waals surface area contributed by atoms with Crippen molar-refractivity contribution in [2.24, 2.45) is 4.99 Å². The number of hydrogen-bond acceptors (Lipinski definition) is 6. The number of aryl methyl sites for hydroxylation is 1. The highest BCUT2D eigenvalue weighted by Crippen LogP contribution is 2.29. The average Bonchev–Trinajstić information content (AvgIpc) is 3.44. The molecule has 1 amide bonds. The van der Waals surface area contributed by atoms with Crippen LogP contribution >= 0.6 is 11.3 Å². The van der Waals surface area contributed by atoms with Gasteiger partial charge in [-0.15, -0.1) is 0 Å². The molecule has 6 nitrogen and oxygen atoms in total. The number of thiazole rings is 1. The third-order valence-electron chi connectivity index (χ3n) is 5.23. The van der Waals surface area contributed by atoms with Gasteiger partial charge in [0.25, 0.3) is 5.90 Å². The third kappa shape index (κ3) is 5.17. The number of ketones is 1. The van der Waals surface area contributed by atoms with Crippen LogP contribution in [0.4, 0.5) is 5.13 Å². The summed E-state index contributed by atoms with van der Waals surface area (Å²) >= 11 is 1.46. The third-order valence-corrected chi connectivity index (χ3v) is 6.29. The summed E-state index contributed by atoms with van der Waals surface area (Å²) < 4.78 is 6.58. The van der Waals surface area contributed by atoms with Gasteiger partial charge in [-0.3, -0.25) is 14.5 Å². The maximum Gasteiger partial charge on any atom is 0.254 e. The van der Waals surface area contributed by atoms with Gasteiger partial charge in [0.15, 0.2) is 5.13 Å². The molecule has 31 heavy (non-hydrogen) atoms. The second-order valence-corrected chi connectivity index (χ2v) is 8.50. The predicted molar refractivity (Wildman–Crippen MR) is 124 cm³/mol. The molecule has 0 aliphatic carbocycles. The molecule has 2 heterocycles. The van der Waals surface area contributed by atoms with Crippen LogP contribution in [0.25, 0.3) is 10.2 Å². The molecule has 1 unspecified atom stereocenters. The van der Waals surface area contributed by atoms with Crippen molar-refractivity contribution in [1.29, 1.82) is 0 Å². The van der Waals surface area contributed by atoms with Gasteiger partial charge in [0.1, 0.15) is 6.10 Å². The smallest absolute Gasteiger partial charge is 0.254 e. The molecule has 4 rings (SSSR count). The van der Waals surface area contributed by atoms with Gasteiger partial charge in [-0.05, 0) is 37.0 Å². The molecule has 3 aromatic rings. The van der Waals surface area contributed by atoms with Crippen LogP contribution in [-0.4, -0.2) is 41.8 Å². The number of nitrogens with zero attached hydrogens (tertiary/aromatic N) is 3. The van der Waals surface area contributed by atoms with E-state index in [9.17, 15) is 9.59 Å². The van der Waals surface area contributed by atoms with E-state index < -0.39 is 0 Å². The largest absolute Gasteiger partial charge is 0.470 e. The Morgan fingerprint density at radius 2 is 1.90 bits per heavy atom. The Bertz CT molecular complexity index is 1060. The zero-order valence-electron chi connectivity index (χ0n) is 17.5. The molecule has 1 atom stereocenters. The quantitative estimate of drug-likeness (QED) is 0.466. The highest BCUT2D eigenvalue weighted by atomic mass is 32.1. The van der Waals surface area contributed by atoms with Crippen LogP contribution in [0.5, 0.6) is 0 Å². The van der Waals surface area contributed by atoms with Crippen LogP contribution in [0, 0.1) is 0 Å². The number of para-hydroxylation sites is 1. The SMILES string of the molecule is CCC1CN=C(C(=O)CC(=O)N(CCCc2ccccc2)c2nc3ccccc3s2)O1. The molecule has 0 spiro atoms. The number of carbonyl (C=O) groups is 2. The van der Waals surface area contributed by atoms with Crippen molar-refractivity contribution >= 4 is 44.3 Å². The Kier molecular flexibility index (Phi) is 6.72. The average molecular weight is 436 g/mol. The van der Waals surface area contributed by atoms with Gasteiger partial charge < -0.3 is 4.74 Å². The molecular weight excluding hydrogens is 410 g/mol. The van der Waals surface area contributed by atoms with Gasteiger partial charge >= 0.3 is 0 Å². The molecular formula is C24H25N3O3S. The zero-order chi connectivity index (χ0) is 21.6. The summed E-state index contributed by atoms with van der Waals surface area (Å²) in [5.74, 6) is -0.563. The summed E-state index contributed by atoms with van der Waals surface area (Å²) in [6, 6.07) is 18.0. The Morgan fingerprint density at radius 1 is 1.13 bits per heavy atom. The fourth-order valence-corrected chi connectivity index (χ4v) is 4.49. The van der Waals surface area contributed by atoms with Crippen molar-refractivity contribution in [3.05, 3.63) is 60.2 Å². The summed E-state index contributed by atoms with van der Waals surface area (Å²) in [6.07, 6.45) is 2.06. The number of anilines is 1. The first-order chi connectivity index (χ1) is 15.1. The molecule has 0 saturated heterocycles. The molecule has 1 aliphatic heterocycles. The number of benzene rings is 2. The van der Waals surface area contributed by atoms with Gasteiger partial charge in [0.2, 0.25) is 11.7 Å². The van der Waals surface area contributed by atoms with Crippen molar-refractivity contribution in [3.63, 3.8) is 0 Å². The first kappa shape index (κ1) is 21.2. The predicted octanol–water partition coefficient (Wildman–Crippen LogP) is 4.43. The molecule has 1 aromatic heterocycles. The molecule has 1 aliphatic rings. The summed E-state index contributed by atoms with van der Waals surface area (Å²) in [5.41, 5.74) is 2.07. The molecule has 160 valence electrons. The summed E-state index contributed by atoms with van der Waals surface area (Å²) in [4.78, 5) is 36.2. The van der Waals surface area contributed by atoms with Crippen molar-refractivity contribution < 1.29 is 14.3 Å². The van der Waals surface area contributed by atoms with E-state index in [0.29, 0.717) is 18.2 Å². The van der Waals surface area contributed by atoms with E-state index in [4.69, 9.17) is 4.74 Å². The zero-order valence-corrected chi connectivity index (χ0v) is 18.3. The number of amides is 1. The molecule has 0 N–H and O–H groups in total. The van der Waals surface area contributed by atoms with E-state index >= 15 is 0 Å². The fraction of sp³-hybridized carbons (Fsp3) is 0.333. The van der Waals surface area contributed by atoms with E-state index in [1.807, 2.05) is 49.4 Å².